The van der Waals surface area contributed by atoms with Crippen LogP contribution in [0.2, 0.25) is 0 Å². The van der Waals surface area contributed by atoms with Crippen LogP contribution >= 0.6 is 0 Å². The van der Waals surface area contributed by atoms with Crippen LogP contribution in [-0.4, -0.2) is 9.97 Å². The lowest BCUT2D eigenvalue weighted by molar-refractivity contribution is 1.25. The van der Waals surface area contributed by atoms with E-state index in [1.165, 1.54) is 27.8 Å². The SMILES string of the molecule is c1ccc(-c2ncc(-c3cccc4c3Cc3ccccc3-4)[nH]2)cc1. The Balaban J connectivity index is 1.62. The maximum atomic E-state index is 4.58. The molecule has 0 spiro atoms. The van der Waals surface area contributed by atoms with Crippen molar-refractivity contribution in [3.05, 3.63) is 90.1 Å². The molecule has 24 heavy (non-hydrogen) atoms. The molecule has 2 heteroatoms. The second kappa shape index (κ2) is 5.20. The monoisotopic (exact) mass is 308 g/mol. The van der Waals surface area contributed by atoms with E-state index in [1.807, 2.05) is 24.4 Å². The maximum Gasteiger partial charge on any atom is 0.137 e. The van der Waals surface area contributed by atoms with Crippen molar-refractivity contribution >= 4 is 0 Å². The van der Waals surface area contributed by atoms with Gasteiger partial charge in [-0.2, -0.15) is 0 Å². The zero-order valence-corrected chi connectivity index (χ0v) is 13.2. The van der Waals surface area contributed by atoms with Gasteiger partial charge in [0.05, 0.1) is 11.9 Å². The second-order valence-corrected chi connectivity index (χ2v) is 6.18. The molecular formula is C22H16N2. The summed E-state index contributed by atoms with van der Waals surface area (Å²) in [6.07, 6.45) is 2.93. The minimum atomic E-state index is 0.915. The van der Waals surface area contributed by atoms with Crippen molar-refractivity contribution in [3.63, 3.8) is 0 Å². The molecule has 0 bridgehead atoms. The van der Waals surface area contributed by atoms with Gasteiger partial charge in [0.25, 0.3) is 0 Å². The first-order valence-corrected chi connectivity index (χ1v) is 8.21. The average molecular weight is 308 g/mol. The molecule has 0 amide bonds. The van der Waals surface area contributed by atoms with Gasteiger partial charge in [0.2, 0.25) is 0 Å². The quantitative estimate of drug-likeness (QED) is 0.470. The Kier molecular flexibility index (Phi) is 2.89. The number of hydrogen-bond acceptors (Lipinski definition) is 1. The number of imidazole rings is 1. The molecule has 114 valence electrons. The van der Waals surface area contributed by atoms with Gasteiger partial charge in [-0.1, -0.05) is 72.8 Å². The molecule has 0 unspecified atom stereocenters. The fourth-order valence-corrected chi connectivity index (χ4v) is 3.61. The van der Waals surface area contributed by atoms with Crippen LogP contribution in [0.5, 0.6) is 0 Å². The highest BCUT2D eigenvalue weighted by Gasteiger charge is 2.21. The van der Waals surface area contributed by atoms with E-state index < -0.39 is 0 Å². The predicted octanol–water partition coefficient (Wildman–Crippen LogP) is 5.31. The van der Waals surface area contributed by atoms with Crippen molar-refractivity contribution in [2.24, 2.45) is 0 Å². The van der Waals surface area contributed by atoms with Gasteiger partial charge in [-0.05, 0) is 28.7 Å². The number of fused-ring (bicyclic) bond motifs is 3. The third-order valence-corrected chi connectivity index (χ3v) is 4.76. The van der Waals surface area contributed by atoms with Gasteiger partial charge in [0.1, 0.15) is 5.82 Å². The van der Waals surface area contributed by atoms with Crippen molar-refractivity contribution in [2.75, 3.05) is 0 Å². The fourth-order valence-electron chi connectivity index (χ4n) is 3.61. The number of benzene rings is 3. The molecule has 1 N–H and O–H groups in total. The van der Waals surface area contributed by atoms with Crippen molar-refractivity contribution in [2.45, 2.75) is 6.42 Å². The molecule has 0 fully saturated rings. The van der Waals surface area contributed by atoms with E-state index in [9.17, 15) is 0 Å². The molecule has 0 atom stereocenters. The van der Waals surface area contributed by atoms with Crippen LogP contribution in [0, 0.1) is 0 Å². The smallest absolute Gasteiger partial charge is 0.137 e. The molecule has 1 aromatic heterocycles. The number of rotatable bonds is 2. The van der Waals surface area contributed by atoms with E-state index in [0.717, 1.165) is 23.5 Å². The molecule has 1 aliphatic rings. The molecular weight excluding hydrogens is 292 g/mol. The number of nitrogens with one attached hydrogen (secondary N) is 1. The van der Waals surface area contributed by atoms with E-state index in [0.29, 0.717) is 0 Å². The van der Waals surface area contributed by atoms with Crippen LogP contribution in [0.3, 0.4) is 0 Å². The Morgan fingerprint density at radius 2 is 1.46 bits per heavy atom. The first kappa shape index (κ1) is 13.3. The van der Waals surface area contributed by atoms with Crippen LogP contribution < -0.4 is 0 Å². The molecule has 0 saturated heterocycles. The predicted molar refractivity (Wildman–Crippen MR) is 97.7 cm³/mol. The first-order chi connectivity index (χ1) is 11.9. The molecule has 3 aromatic carbocycles. The minimum absolute atomic E-state index is 0.915. The lowest BCUT2D eigenvalue weighted by Crippen LogP contribution is -1.88. The van der Waals surface area contributed by atoms with E-state index in [1.54, 1.807) is 0 Å². The molecule has 0 radical (unpaired) electrons. The first-order valence-electron chi connectivity index (χ1n) is 8.21. The van der Waals surface area contributed by atoms with Crippen LogP contribution in [-0.2, 0) is 6.42 Å². The summed E-state index contributed by atoms with van der Waals surface area (Å²) in [5.41, 5.74) is 8.94. The largest absolute Gasteiger partial charge is 0.338 e. The molecule has 2 nitrogen and oxygen atoms in total. The van der Waals surface area contributed by atoms with Crippen LogP contribution in [0.1, 0.15) is 11.1 Å². The summed E-state index contributed by atoms with van der Waals surface area (Å²) in [5, 5.41) is 0. The van der Waals surface area contributed by atoms with Crippen LogP contribution in [0.25, 0.3) is 33.8 Å². The number of aromatic nitrogens is 2. The number of aromatic amines is 1. The second-order valence-electron chi connectivity index (χ2n) is 6.18. The molecule has 5 rings (SSSR count). The van der Waals surface area contributed by atoms with E-state index >= 15 is 0 Å². The van der Waals surface area contributed by atoms with Gasteiger partial charge >= 0.3 is 0 Å². The molecule has 4 aromatic rings. The average Bonchev–Trinajstić information content (AvgIpc) is 3.27. The van der Waals surface area contributed by atoms with Gasteiger partial charge in [0, 0.05) is 11.1 Å². The normalized spacial score (nSPS) is 12.0. The van der Waals surface area contributed by atoms with Gasteiger partial charge in [-0.25, -0.2) is 4.98 Å². The highest BCUT2D eigenvalue weighted by atomic mass is 14.9. The Morgan fingerprint density at radius 1 is 0.708 bits per heavy atom. The molecule has 0 saturated carbocycles. The lowest BCUT2D eigenvalue weighted by Gasteiger charge is -2.06. The zero-order valence-electron chi connectivity index (χ0n) is 13.2. The third-order valence-electron chi connectivity index (χ3n) is 4.76. The fraction of sp³-hybridized carbons (Fsp3) is 0.0455. The van der Waals surface area contributed by atoms with Gasteiger partial charge in [0.15, 0.2) is 0 Å². The molecule has 1 heterocycles. The van der Waals surface area contributed by atoms with Crippen LogP contribution in [0.4, 0.5) is 0 Å². The highest BCUT2D eigenvalue weighted by molar-refractivity contribution is 5.84. The maximum absolute atomic E-state index is 4.58. The summed E-state index contributed by atoms with van der Waals surface area (Å²) in [5.74, 6) is 0.915. The van der Waals surface area contributed by atoms with E-state index in [-0.39, 0.29) is 0 Å². The van der Waals surface area contributed by atoms with E-state index in [4.69, 9.17) is 0 Å². The number of hydrogen-bond donors (Lipinski definition) is 1. The van der Waals surface area contributed by atoms with Crippen molar-refractivity contribution in [3.8, 4) is 33.8 Å². The Morgan fingerprint density at radius 3 is 2.38 bits per heavy atom. The topological polar surface area (TPSA) is 28.7 Å². The summed E-state index contributed by atoms with van der Waals surface area (Å²) in [4.78, 5) is 8.07. The highest BCUT2D eigenvalue weighted by Crippen LogP contribution is 2.41. The summed E-state index contributed by atoms with van der Waals surface area (Å²) in [6, 6.07) is 25.5. The number of nitrogens with zero attached hydrogens (tertiary/aromatic N) is 1. The zero-order chi connectivity index (χ0) is 15.9. The standard InChI is InChI=1S/C22H16N2/c1-2-7-15(8-3-1)22-23-14-21(24-22)19-12-6-11-18-17-10-5-4-9-16(17)13-20(18)19/h1-12,14H,13H2,(H,23,24). The Labute approximate surface area is 140 Å². The van der Waals surface area contributed by atoms with Gasteiger partial charge in [-0.3, -0.25) is 0 Å². The molecule has 1 aliphatic carbocycles. The Bertz CT molecular complexity index is 1030. The summed E-state index contributed by atoms with van der Waals surface area (Å²) >= 11 is 0. The van der Waals surface area contributed by atoms with Crippen molar-refractivity contribution in [1.82, 2.24) is 9.97 Å². The summed E-state index contributed by atoms with van der Waals surface area (Å²) in [6.45, 7) is 0. The van der Waals surface area contributed by atoms with Crippen LogP contribution in [0.15, 0.2) is 79.0 Å². The molecule has 0 aliphatic heterocycles. The number of H-pyrrole nitrogens is 1. The summed E-state index contributed by atoms with van der Waals surface area (Å²) in [7, 11) is 0. The summed E-state index contributed by atoms with van der Waals surface area (Å²) < 4.78 is 0. The minimum Gasteiger partial charge on any atom is -0.338 e. The third kappa shape index (κ3) is 2.00. The van der Waals surface area contributed by atoms with Crippen molar-refractivity contribution < 1.29 is 0 Å². The van der Waals surface area contributed by atoms with Gasteiger partial charge < -0.3 is 4.98 Å². The van der Waals surface area contributed by atoms with Crippen molar-refractivity contribution in [1.29, 1.82) is 0 Å². The van der Waals surface area contributed by atoms with Gasteiger partial charge in [-0.15, -0.1) is 0 Å². The Hall–Kier alpha value is -3.13. The van der Waals surface area contributed by atoms with E-state index in [2.05, 4.69) is 64.6 Å². The lowest BCUT2D eigenvalue weighted by atomic mass is 9.99.